The van der Waals surface area contributed by atoms with Gasteiger partial charge in [-0.1, -0.05) is 0 Å². The van der Waals surface area contributed by atoms with Gasteiger partial charge in [-0.3, -0.25) is 4.79 Å². The summed E-state index contributed by atoms with van der Waals surface area (Å²) < 4.78 is 5.12. The van der Waals surface area contributed by atoms with Crippen molar-refractivity contribution in [3.8, 4) is 0 Å². The molecule has 1 aliphatic heterocycles. The van der Waals surface area contributed by atoms with Crippen molar-refractivity contribution in [1.82, 2.24) is 10.2 Å². The van der Waals surface area contributed by atoms with Crippen LogP contribution in [0.25, 0.3) is 0 Å². The molecule has 5 heteroatoms. The van der Waals surface area contributed by atoms with Crippen molar-refractivity contribution in [3.63, 3.8) is 0 Å². The van der Waals surface area contributed by atoms with E-state index in [1.165, 1.54) is 19.1 Å². The molecule has 0 spiro atoms. The van der Waals surface area contributed by atoms with Crippen molar-refractivity contribution in [2.45, 2.75) is 19.4 Å². The summed E-state index contributed by atoms with van der Waals surface area (Å²) in [6, 6.07) is 1.69. The lowest BCUT2D eigenvalue weighted by molar-refractivity contribution is 0.0949. The number of amides is 1. The van der Waals surface area contributed by atoms with Crippen LogP contribution in [0.4, 0.5) is 0 Å². The van der Waals surface area contributed by atoms with Crippen LogP contribution in [-0.4, -0.2) is 37.0 Å². The summed E-state index contributed by atoms with van der Waals surface area (Å²) in [7, 11) is 0. The lowest BCUT2D eigenvalue weighted by Crippen LogP contribution is -2.33. The molecule has 0 radical (unpaired) electrons. The van der Waals surface area contributed by atoms with Gasteiger partial charge in [-0.25, -0.2) is 0 Å². The number of hydrogen-bond donors (Lipinski definition) is 2. The molecule has 3 N–H and O–H groups in total. The minimum Gasteiger partial charge on any atom is -0.467 e. The van der Waals surface area contributed by atoms with E-state index in [4.69, 9.17) is 10.2 Å². The van der Waals surface area contributed by atoms with Crippen LogP contribution in [0.1, 0.15) is 29.0 Å². The molecule has 17 heavy (non-hydrogen) atoms. The second-order valence-electron chi connectivity index (χ2n) is 4.31. The first-order valence-corrected chi connectivity index (χ1v) is 6.07. The van der Waals surface area contributed by atoms with Crippen LogP contribution in [0, 0.1) is 0 Å². The Hall–Kier alpha value is -1.33. The summed E-state index contributed by atoms with van der Waals surface area (Å²) in [5.74, 6) is 0.544. The zero-order valence-electron chi connectivity index (χ0n) is 9.95. The molecule has 2 rings (SSSR count). The molecule has 2 heterocycles. The fourth-order valence-corrected chi connectivity index (χ4v) is 2.04. The Balaban J connectivity index is 1.72. The second kappa shape index (κ2) is 5.84. The number of nitrogens with zero attached hydrogens (tertiary/aromatic N) is 1. The number of carbonyl (C=O) groups excluding carboxylic acids is 1. The SMILES string of the molecule is NCc1cc(C(=O)NCCN2CCCC2)co1. The minimum atomic E-state index is -0.0901. The maximum Gasteiger partial charge on any atom is 0.254 e. The highest BCUT2D eigenvalue weighted by atomic mass is 16.3. The van der Waals surface area contributed by atoms with E-state index in [0.717, 1.165) is 19.6 Å². The number of nitrogens with two attached hydrogens (primary N) is 1. The Morgan fingerprint density at radius 3 is 2.88 bits per heavy atom. The molecule has 5 nitrogen and oxygen atoms in total. The molecule has 1 aromatic rings. The first-order valence-electron chi connectivity index (χ1n) is 6.07. The number of nitrogens with one attached hydrogen (secondary N) is 1. The summed E-state index contributed by atoms with van der Waals surface area (Å²) in [5, 5.41) is 2.88. The number of likely N-dealkylation sites (tertiary alicyclic amines) is 1. The van der Waals surface area contributed by atoms with E-state index in [-0.39, 0.29) is 5.91 Å². The van der Waals surface area contributed by atoms with Crippen LogP contribution in [0.3, 0.4) is 0 Å². The fraction of sp³-hybridized carbons (Fsp3) is 0.583. The summed E-state index contributed by atoms with van der Waals surface area (Å²) in [6.45, 7) is 4.23. The van der Waals surface area contributed by atoms with Gasteiger partial charge in [0.15, 0.2) is 0 Å². The molecule has 94 valence electrons. The maximum absolute atomic E-state index is 11.7. The van der Waals surface area contributed by atoms with Crippen LogP contribution in [0.2, 0.25) is 0 Å². The van der Waals surface area contributed by atoms with Gasteiger partial charge in [0, 0.05) is 13.1 Å². The maximum atomic E-state index is 11.7. The first kappa shape index (κ1) is 12.1. The average molecular weight is 237 g/mol. The van der Waals surface area contributed by atoms with E-state index in [1.54, 1.807) is 6.07 Å². The van der Waals surface area contributed by atoms with Gasteiger partial charge in [0.2, 0.25) is 0 Å². The molecule has 0 aromatic carbocycles. The zero-order valence-corrected chi connectivity index (χ0v) is 9.95. The number of hydrogen-bond acceptors (Lipinski definition) is 4. The molecule has 1 saturated heterocycles. The van der Waals surface area contributed by atoms with Crippen LogP contribution in [0.5, 0.6) is 0 Å². The predicted octanol–water partition coefficient (Wildman–Crippen LogP) is 0.564. The van der Waals surface area contributed by atoms with Crippen molar-refractivity contribution < 1.29 is 9.21 Å². The van der Waals surface area contributed by atoms with Crippen molar-refractivity contribution in [3.05, 3.63) is 23.7 Å². The lowest BCUT2D eigenvalue weighted by Gasteiger charge is -2.14. The zero-order chi connectivity index (χ0) is 12.1. The minimum absolute atomic E-state index is 0.0901. The van der Waals surface area contributed by atoms with Gasteiger partial charge in [0.05, 0.1) is 12.1 Å². The quantitative estimate of drug-likeness (QED) is 0.785. The molecule has 1 aliphatic rings. The highest BCUT2D eigenvalue weighted by Gasteiger charge is 2.12. The Morgan fingerprint density at radius 2 is 2.24 bits per heavy atom. The standard InChI is InChI=1S/C12H19N3O2/c13-8-11-7-10(9-17-11)12(16)14-3-6-15-4-1-2-5-15/h7,9H,1-6,8,13H2,(H,14,16). The Labute approximate surface area is 101 Å². The van der Waals surface area contributed by atoms with E-state index < -0.39 is 0 Å². The van der Waals surface area contributed by atoms with Gasteiger partial charge in [0.25, 0.3) is 5.91 Å². The summed E-state index contributed by atoms with van der Waals surface area (Å²) in [4.78, 5) is 14.1. The van der Waals surface area contributed by atoms with Crippen LogP contribution in [-0.2, 0) is 6.54 Å². The van der Waals surface area contributed by atoms with Crippen LogP contribution in [0.15, 0.2) is 16.7 Å². The van der Waals surface area contributed by atoms with E-state index in [9.17, 15) is 4.79 Å². The molecular weight excluding hydrogens is 218 g/mol. The van der Waals surface area contributed by atoms with E-state index in [0.29, 0.717) is 24.4 Å². The van der Waals surface area contributed by atoms with Gasteiger partial charge in [-0.2, -0.15) is 0 Å². The summed E-state index contributed by atoms with van der Waals surface area (Å²) in [5.41, 5.74) is 5.96. The van der Waals surface area contributed by atoms with Gasteiger partial charge < -0.3 is 20.4 Å². The summed E-state index contributed by atoms with van der Waals surface area (Å²) >= 11 is 0. The Morgan fingerprint density at radius 1 is 1.47 bits per heavy atom. The first-order chi connectivity index (χ1) is 8.29. The lowest BCUT2D eigenvalue weighted by atomic mass is 10.3. The van der Waals surface area contributed by atoms with E-state index >= 15 is 0 Å². The van der Waals surface area contributed by atoms with Gasteiger partial charge in [0.1, 0.15) is 12.0 Å². The largest absolute Gasteiger partial charge is 0.467 e. The topological polar surface area (TPSA) is 71.5 Å². The molecule has 0 unspecified atom stereocenters. The van der Waals surface area contributed by atoms with Crippen molar-refractivity contribution in [2.24, 2.45) is 5.73 Å². The Kier molecular flexibility index (Phi) is 4.17. The fourth-order valence-electron chi connectivity index (χ4n) is 2.04. The van der Waals surface area contributed by atoms with E-state index in [2.05, 4.69) is 10.2 Å². The van der Waals surface area contributed by atoms with Crippen LogP contribution < -0.4 is 11.1 Å². The predicted molar refractivity (Wildman–Crippen MR) is 64.6 cm³/mol. The monoisotopic (exact) mass is 237 g/mol. The molecule has 1 aromatic heterocycles. The summed E-state index contributed by atoms with van der Waals surface area (Å²) in [6.07, 6.45) is 4.00. The number of carbonyl (C=O) groups is 1. The third-order valence-corrected chi connectivity index (χ3v) is 3.03. The van der Waals surface area contributed by atoms with Crippen molar-refractivity contribution in [2.75, 3.05) is 26.2 Å². The number of furan rings is 1. The molecule has 1 fully saturated rings. The number of rotatable bonds is 5. The average Bonchev–Trinajstić information content (AvgIpc) is 2.99. The molecule has 0 bridgehead atoms. The highest BCUT2D eigenvalue weighted by molar-refractivity contribution is 5.93. The third kappa shape index (κ3) is 3.31. The molecule has 1 amide bonds. The molecule has 0 aliphatic carbocycles. The van der Waals surface area contributed by atoms with Gasteiger partial charge in [-0.05, 0) is 32.0 Å². The highest BCUT2D eigenvalue weighted by Crippen LogP contribution is 2.07. The smallest absolute Gasteiger partial charge is 0.254 e. The third-order valence-electron chi connectivity index (χ3n) is 3.03. The Bertz CT molecular complexity index is 370. The molecular formula is C12H19N3O2. The van der Waals surface area contributed by atoms with Crippen molar-refractivity contribution in [1.29, 1.82) is 0 Å². The molecule has 0 saturated carbocycles. The van der Waals surface area contributed by atoms with Crippen molar-refractivity contribution >= 4 is 5.91 Å². The van der Waals surface area contributed by atoms with Gasteiger partial charge >= 0.3 is 0 Å². The van der Waals surface area contributed by atoms with E-state index in [1.807, 2.05) is 0 Å². The second-order valence-corrected chi connectivity index (χ2v) is 4.31. The normalized spacial score (nSPS) is 16.3. The van der Waals surface area contributed by atoms with Crippen LogP contribution >= 0.6 is 0 Å². The molecule has 0 atom stereocenters. The van der Waals surface area contributed by atoms with Gasteiger partial charge in [-0.15, -0.1) is 0 Å².